The van der Waals surface area contributed by atoms with Crippen LogP contribution < -0.4 is 4.74 Å². The number of hydrogen-bond acceptors (Lipinski definition) is 2. The minimum Gasteiger partial charge on any atom is -0.406 e. The van der Waals surface area contributed by atoms with E-state index in [1.165, 1.54) is 0 Å². The fraction of sp³-hybridized carbons (Fsp3) is 0.300. The van der Waals surface area contributed by atoms with Crippen LogP contribution in [-0.4, -0.2) is 24.2 Å². The van der Waals surface area contributed by atoms with Crippen molar-refractivity contribution in [3.8, 4) is 5.75 Å². The highest BCUT2D eigenvalue weighted by Crippen LogP contribution is 2.38. The van der Waals surface area contributed by atoms with Gasteiger partial charge in [0.15, 0.2) is 0 Å². The molecule has 0 radical (unpaired) electrons. The largest absolute Gasteiger partial charge is 0.573 e. The number of carbonyl (C=O) groups is 1. The predicted octanol–water partition coefficient (Wildman–Crippen LogP) is 3.97. The predicted molar refractivity (Wildman–Crippen MR) is 48.5 cm³/mol. The van der Waals surface area contributed by atoms with Crippen LogP contribution in [0.25, 0.3) is 0 Å². The highest BCUT2D eigenvalue weighted by atomic mass is 19.4. The van der Waals surface area contributed by atoms with E-state index in [2.05, 4.69) is 4.74 Å². The molecule has 0 aliphatic rings. The molecule has 1 aromatic rings. The number of halogens is 8. The average Bonchev–Trinajstić information content (AvgIpc) is 2.25. The van der Waals surface area contributed by atoms with Crippen LogP contribution in [0, 0.1) is 0 Å². The molecule has 0 aliphatic carbocycles. The molecule has 0 aliphatic heterocycles. The number of benzene rings is 1. The van der Waals surface area contributed by atoms with Gasteiger partial charge in [0.05, 0.1) is 0 Å². The Morgan fingerprint density at radius 3 is 1.65 bits per heavy atom. The second kappa shape index (κ2) is 4.91. The van der Waals surface area contributed by atoms with Gasteiger partial charge in [0.1, 0.15) is 5.75 Å². The van der Waals surface area contributed by atoms with Crippen molar-refractivity contribution in [1.82, 2.24) is 0 Å². The first-order chi connectivity index (χ1) is 8.84. The van der Waals surface area contributed by atoms with Gasteiger partial charge in [0.25, 0.3) is 0 Å². The maximum atomic E-state index is 12.7. The minimum atomic E-state index is -6.09. The molecule has 10 heteroatoms. The lowest BCUT2D eigenvalue weighted by molar-refractivity contribution is -0.274. The number of ether oxygens (including phenoxy) is 1. The van der Waals surface area contributed by atoms with E-state index in [0.717, 1.165) is 0 Å². The van der Waals surface area contributed by atoms with Crippen molar-refractivity contribution in [2.75, 3.05) is 0 Å². The summed E-state index contributed by atoms with van der Waals surface area (Å²) in [7, 11) is 0. The summed E-state index contributed by atoms with van der Waals surface area (Å²) < 4.78 is 99.9. The van der Waals surface area contributed by atoms with Gasteiger partial charge >= 0.3 is 18.5 Å². The lowest BCUT2D eigenvalue weighted by atomic mass is 10.1. The standard InChI is InChI=1S/C10H4F8O2/c11-8(12,9(13,14)15)7(19)5-1-3-6(4-2-5)20-10(16,17)18/h1-4H. The monoisotopic (exact) mass is 308 g/mol. The zero-order valence-electron chi connectivity index (χ0n) is 9.15. The molecule has 0 fully saturated rings. The van der Waals surface area contributed by atoms with Crippen LogP contribution in [0.5, 0.6) is 5.75 Å². The Bertz CT molecular complexity index is 485. The van der Waals surface area contributed by atoms with Gasteiger partial charge in [-0.15, -0.1) is 13.2 Å². The third-order valence-corrected chi connectivity index (χ3v) is 1.99. The van der Waals surface area contributed by atoms with Gasteiger partial charge in [0.2, 0.25) is 5.78 Å². The molecule has 1 aromatic carbocycles. The summed E-state index contributed by atoms with van der Waals surface area (Å²) in [5.74, 6) is -9.05. The van der Waals surface area contributed by atoms with E-state index in [-0.39, 0.29) is 0 Å². The fourth-order valence-electron chi connectivity index (χ4n) is 1.12. The Labute approximate surface area is 105 Å². The molecule has 0 heterocycles. The van der Waals surface area contributed by atoms with Gasteiger partial charge in [-0.25, -0.2) is 0 Å². The molecule has 0 spiro atoms. The van der Waals surface area contributed by atoms with Crippen LogP contribution in [0.2, 0.25) is 0 Å². The third kappa shape index (κ3) is 3.58. The third-order valence-electron chi connectivity index (χ3n) is 1.99. The topological polar surface area (TPSA) is 26.3 Å². The number of ketones is 1. The molecule has 1 rings (SSSR count). The molecule has 0 amide bonds. The zero-order valence-corrected chi connectivity index (χ0v) is 9.15. The van der Waals surface area contributed by atoms with Crippen LogP contribution in [0.3, 0.4) is 0 Å². The van der Waals surface area contributed by atoms with Crippen molar-refractivity contribution in [2.24, 2.45) is 0 Å². The molecule has 112 valence electrons. The van der Waals surface area contributed by atoms with Gasteiger partial charge in [-0.2, -0.15) is 22.0 Å². The maximum absolute atomic E-state index is 12.7. The maximum Gasteiger partial charge on any atom is 0.573 e. The van der Waals surface area contributed by atoms with Gasteiger partial charge < -0.3 is 4.74 Å². The summed E-state index contributed by atoms with van der Waals surface area (Å²) >= 11 is 0. The molecule has 0 saturated heterocycles. The van der Waals surface area contributed by atoms with Crippen LogP contribution in [0.15, 0.2) is 24.3 Å². The van der Waals surface area contributed by atoms with Gasteiger partial charge in [-0.3, -0.25) is 4.79 Å². The van der Waals surface area contributed by atoms with Gasteiger partial charge in [0, 0.05) is 5.56 Å². The number of rotatable bonds is 3. The Morgan fingerprint density at radius 1 is 0.850 bits per heavy atom. The summed E-state index contributed by atoms with van der Waals surface area (Å²) in [6.07, 6.45) is -11.1. The summed E-state index contributed by atoms with van der Waals surface area (Å²) in [5.41, 5.74) is -1.10. The molecule has 0 atom stereocenters. The number of carbonyl (C=O) groups excluding carboxylic acids is 1. The Hall–Kier alpha value is -1.87. The van der Waals surface area contributed by atoms with Gasteiger partial charge in [-0.05, 0) is 24.3 Å². The smallest absolute Gasteiger partial charge is 0.406 e. The normalized spacial score (nSPS) is 13.2. The Morgan fingerprint density at radius 2 is 1.30 bits per heavy atom. The minimum absolute atomic E-state index is 0.378. The lowest BCUT2D eigenvalue weighted by Crippen LogP contribution is -2.44. The summed E-state index contributed by atoms with van der Waals surface area (Å²) in [6, 6.07) is 1.66. The van der Waals surface area contributed by atoms with Crippen molar-refractivity contribution in [1.29, 1.82) is 0 Å². The van der Waals surface area contributed by atoms with Crippen LogP contribution in [-0.2, 0) is 0 Å². The quantitative estimate of drug-likeness (QED) is 0.624. The van der Waals surface area contributed by atoms with E-state index in [0.29, 0.717) is 24.3 Å². The van der Waals surface area contributed by atoms with E-state index >= 15 is 0 Å². The molecule has 0 unspecified atom stereocenters. The highest BCUT2D eigenvalue weighted by molar-refractivity contribution is 6.02. The molecule has 20 heavy (non-hydrogen) atoms. The summed E-state index contributed by atoms with van der Waals surface area (Å²) in [4.78, 5) is 11.0. The molecule has 2 nitrogen and oxygen atoms in total. The van der Waals surface area contributed by atoms with E-state index in [4.69, 9.17) is 0 Å². The van der Waals surface area contributed by atoms with Gasteiger partial charge in [-0.1, -0.05) is 0 Å². The molecule has 0 N–H and O–H groups in total. The number of Topliss-reactive ketones (excluding diaryl/α,β-unsaturated/α-hetero) is 1. The Kier molecular flexibility index (Phi) is 3.97. The van der Waals surface area contributed by atoms with Crippen molar-refractivity contribution in [3.05, 3.63) is 29.8 Å². The van der Waals surface area contributed by atoms with Crippen LogP contribution in [0.4, 0.5) is 35.1 Å². The second-order valence-corrected chi connectivity index (χ2v) is 3.47. The number of alkyl halides is 8. The van der Waals surface area contributed by atoms with Crippen molar-refractivity contribution in [3.63, 3.8) is 0 Å². The van der Waals surface area contributed by atoms with Crippen molar-refractivity contribution < 1.29 is 44.7 Å². The molecule has 0 saturated carbocycles. The summed E-state index contributed by atoms with van der Waals surface area (Å²) in [6.45, 7) is 0. The SMILES string of the molecule is O=C(c1ccc(OC(F)(F)F)cc1)C(F)(F)C(F)(F)F. The molecule has 0 bridgehead atoms. The van der Waals surface area contributed by atoms with E-state index in [9.17, 15) is 39.9 Å². The van der Waals surface area contributed by atoms with Crippen LogP contribution >= 0.6 is 0 Å². The number of hydrogen-bond donors (Lipinski definition) is 0. The zero-order chi connectivity index (χ0) is 15.8. The molecule has 0 aromatic heterocycles. The van der Waals surface area contributed by atoms with Crippen molar-refractivity contribution in [2.45, 2.75) is 18.5 Å². The van der Waals surface area contributed by atoms with E-state index < -0.39 is 35.6 Å². The molecular weight excluding hydrogens is 304 g/mol. The first kappa shape index (κ1) is 16.2. The lowest BCUT2D eigenvalue weighted by Gasteiger charge is -2.18. The first-order valence-electron chi connectivity index (χ1n) is 4.70. The summed E-state index contributed by atoms with van der Waals surface area (Å²) in [5, 5.41) is 0. The first-order valence-corrected chi connectivity index (χ1v) is 4.70. The average molecular weight is 308 g/mol. The fourth-order valence-corrected chi connectivity index (χ4v) is 1.12. The van der Waals surface area contributed by atoms with E-state index in [1.807, 2.05) is 0 Å². The second-order valence-electron chi connectivity index (χ2n) is 3.47. The van der Waals surface area contributed by atoms with Crippen molar-refractivity contribution >= 4 is 5.78 Å². The highest BCUT2D eigenvalue weighted by Gasteiger charge is 2.63. The molecular formula is C10H4F8O2. The Balaban J connectivity index is 2.97. The van der Waals surface area contributed by atoms with Crippen LogP contribution in [0.1, 0.15) is 10.4 Å². The van der Waals surface area contributed by atoms with E-state index in [1.54, 1.807) is 0 Å².